The van der Waals surface area contributed by atoms with Crippen molar-refractivity contribution in [1.29, 1.82) is 0 Å². The molecule has 1 aromatic heterocycles. The van der Waals surface area contributed by atoms with Crippen molar-refractivity contribution in [2.24, 2.45) is 0 Å². The number of hydrogen-bond acceptors (Lipinski definition) is 3. The quantitative estimate of drug-likeness (QED) is 0.486. The van der Waals surface area contributed by atoms with Gasteiger partial charge >= 0.3 is 5.97 Å². The Morgan fingerprint density at radius 1 is 1.23 bits per heavy atom. The van der Waals surface area contributed by atoms with Crippen molar-refractivity contribution in [1.82, 2.24) is 9.88 Å². The largest absolute Gasteiger partial charge is 0.465 e. The molecule has 0 bridgehead atoms. The second-order valence-electron chi connectivity index (χ2n) is 7.45. The number of carbonyl (C=O) groups excluding carboxylic acids is 1. The van der Waals surface area contributed by atoms with Crippen LogP contribution in [0.25, 0.3) is 10.9 Å². The number of esters is 1. The molecule has 0 aliphatic carbocycles. The van der Waals surface area contributed by atoms with Gasteiger partial charge in [0.1, 0.15) is 11.6 Å². The molecular formula is C22H20F4N2O2. The van der Waals surface area contributed by atoms with E-state index in [2.05, 4.69) is 9.72 Å². The number of aromatic amines is 1. The summed E-state index contributed by atoms with van der Waals surface area (Å²) >= 11 is 0. The molecule has 0 saturated heterocycles. The Kier molecular flexibility index (Phi) is 5.27. The number of para-hydroxylation sites is 1. The third kappa shape index (κ3) is 3.35. The van der Waals surface area contributed by atoms with Crippen LogP contribution in [0.4, 0.5) is 17.6 Å². The van der Waals surface area contributed by atoms with E-state index in [1.807, 2.05) is 24.3 Å². The fourth-order valence-corrected chi connectivity index (χ4v) is 4.34. The summed E-state index contributed by atoms with van der Waals surface area (Å²) in [5.41, 5.74) is 1.45. The first-order chi connectivity index (χ1) is 14.3. The number of halogens is 4. The number of rotatable bonds is 4. The van der Waals surface area contributed by atoms with E-state index >= 15 is 8.78 Å². The fraction of sp³-hybridized carbons (Fsp3) is 0.318. The van der Waals surface area contributed by atoms with Crippen molar-refractivity contribution in [3.8, 4) is 0 Å². The van der Waals surface area contributed by atoms with E-state index in [0.717, 1.165) is 35.7 Å². The molecule has 2 aromatic carbocycles. The summed E-state index contributed by atoms with van der Waals surface area (Å²) in [5.74, 6) is -2.86. The van der Waals surface area contributed by atoms with E-state index in [1.54, 1.807) is 6.92 Å². The van der Waals surface area contributed by atoms with Crippen molar-refractivity contribution in [3.05, 3.63) is 70.4 Å². The number of fused-ring (bicyclic) bond motifs is 3. The third-order valence-corrected chi connectivity index (χ3v) is 5.64. The molecule has 2 heterocycles. The average molecular weight is 420 g/mol. The molecule has 1 N–H and O–H groups in total. The molecule has 4 rings (SSSR count). The number of nitrogens with zero attached hydrogens (tertiary/aromatic N) is 1. The Morgan fingerprint density at radius 2 is 1.90 bits per heavy atom. The van der Waals surface area contributed by atoms with Gasteiger partial charge < -0.3 is 9.72 Å². The maximum atomic E-state index is 15.1. The number of hydrogen-bond donors (Lipinski definition) is 1. The standard InChI is InChI=1S/C22H20F4N2O2/c1-11-7-14-13-5-3-4-6-17(13)27-20(14)21(28(11)10-18(25)26)19-15(23)8-12(9-16(19)24)22(29)30-2/h3-6,8-9,11,18,21,27H,7,10H2,1-2H3/t11-,21-/m1/s1. The van der Waals surface area contributed by atoms with Gasteiger partial charge in [0.05, 0.1) is 25.3 Å². The summed E-state index contributed by atoms with van der Waals surface area (Å²) in [7, 11) is 1.11. The number of carbonyl (C=O) groups is 1. The zero-order valence-electron chi connectivity index (χ0n) is 16.4. The molecule has 0 saturated carbocycles. The van der Waals surface area contributed by atoms with Crippen LogP contribution in [-0.2, 0) is 11.2 Å². The van der Waals surface area contributed by atoms with E-state index in [9.17, 15) is 13.6 Å². The highest BCUT2D eigenvalue weighted by Crippen LogP contribution is 2.42. The number of H-pyrrole nitrogens is 1. The Balaban J connectivity index is 1.94. The SMILES string of the molecule is COC(=O)c1cc(F)c([C@@H]2c3[nH]c4ccccc4c3C[C@@H](C)N2CC(F)F)c(F)c1. The molecule has 3 aromatic rings. The first-order valence-corrected chi connectivity index (χ1v) is 9.52. The summed E-state index contributed by atoms with van der Waals surface area (Å²) in [5, 5.41) is 0.896. The van der Waals surface area contributed by atoms with E-state index in [1.165, 1.54) is 4.90 Å². The minimum Gasteiger partial charge on any atom is -0.465 e. The zero-order chi connectivity index (χ0) is 21.6. The minimum absolute atomic E-state index is 0.280. The zero-order valence-corrected chi connectivity index (χ0v) is 16.4. The average Bonchev–Trinajstić information content (AvgIpc) is 3.06. The number of aromatic nitrogens is 1. The van der Waals surface area contributed by atoms with Crippen LogP contribution < -0.4 is 0 Å². The highest BCUT2D eigenvalue weighted by molar-refractivity contribution is 5.89. The van der Waals surface area contributed by atoms with Crippen molar-refractivity contribution >= 4 is 16.9 Å². The van der Waals surface area contributed by atoms with Gasteiger partial charge in [0.25, 0.3) is 6.43 Å². The monoisotopic (exact) mass is 420 g/mol. The van der Waals surface area contributed by atoms with Gasteiger partial charge in [-0.05, 0) is 37.1 Å². The fourth-order valence-electron chi connectivity index (χ4n) is 4.34. The van der Waals surface area contributed by atoms with Crippen molar-refractivity contribution in [2.45, 2.75) is 31.9 Å². The number of methoxy groups -OCH3 is 1. The van der Waals surface area contributed by atoms with Gasteiger partial charge in [-0.2, -0.15) is 0 Å². The van der Waals surface area contributed by atoms with Gasteiger partial charge in [-0.25, -0.2) is 22.4 Å². The molecule has 0 amide bonds. The highest BCUT2D eigenvalue weighted by atomic mass is 19.3. The van der Waals surface area contributed by atoms with Crippen molar-refractivity contribution in [3.63, 3.8) is 0 Å². The number of alkyl halides is 2. The minimum atomic E-state index is -2.68. The van der Waals surface area contributed by atoms with Crippen LogP contribution in [0.15, 0.2) is 36.4 Å². The van der Waals surface area contributed by atoms with Gasteiger partial charge in [-0.1, -0.05) is 18.2 Å². The molecule has 30 heavy (non-hydrogen) atoms. The van der Waals surface area contributed by atoms with Gasteiger partial charge in [0.2, 0.25) is 0 Å². The lowest BCUT2D eigenvalue weighted by Gasteiger charge is -2.40. The lowest BCUT2D eigenvalue weighted by molar-refractivity contribution is 0.0437. The Labute approximate surface area is 170 Å². The predicted molar refractivity (Wildman–Crippen MR) is 104 cm³/mol. The second kappa shape index (κ2) is 7.75. The van der Waals surface area contributed by atoms with Crippen molar-refractivity contribution < 1.29 is 27.1 Å². The van der Waals surface area contributed by atoms with Crippen LogP contribution in [0.5, 0.6) is 0 Å². The third-order valence-electron chi connectivity index (χ3n) is 5.64. The van der Waals surface area contributed by atoms with E-state index < -0.39 is 36.6 Å². The van der Waals surface area contributed by atoms with E-state index in [-0.39, 0.29) is 17.2 Å². The summed E-state index contributed by atoms with van der Waals surface area (Å²) in [6, 6.07) is 7.70. The highest BCUT2D eigenvalue weighted by Gasteiger charge is 2.39. The summed E-state index contributed by atoms with van der Waals surface area (Å²) in [6.07, 6.45) is -2.21. The summed E-state index contributed by atoms with van der Waals surface area (Å²) in [4.78, 5) is 16.3. The first kappa shape index (κ1) is 20.4. The molecule has 4 nitrogen and oxygen atoms in total. The van der Waals surface area contributed by atoms with E-state index in [4.69, 9.17) is 0 Å². The Hall–Kier alpha value is -2.87. The lowest BCUT2D eigenvalue weighted by Crippen LogP contribution is -2.45. The normalized spacial score (nSPS) is 19.3. The van der Waals surface area contributed by atoms with Crippen LogP contribution in [0.3, 0.4) is 0 Å². The Bertz CT molecular complexity index is 1090. The topological polar surface area (TPSA) is 45.3 Å². The molecule has 0 spiro atoms. The Morgan fingerprint density at radius 3 is 2.53 bits per heavy atom. The molecule has 0 radical (unpaired) electrons. The van der Waals surface area contributed by atoms with Gasteiger partial charge in [0.15, 0.2) is 0 Å². The van der Waals surface area contributed by atoms with Crippen LogP contribution in [0.2, 0.25) is 0 Å². The van der Waals surface area contributed by atoms with E-state index in [0.29, 0.717) is 12.1 Å². The molecule has 1 aliphatic rings. The first-order valence-electron chi connectivity index (χ1n) is 9.52. The predicted octanol–water partition coefficient (Wildman–Crippen LogP) is 4.83. The molecular weight excluding hydrogens is 400 g/mol. The molecule has 0 fully saturated rings. The molecule has 8 heteroatoms. The second-order valence-corrected chi connectivity index (χ2v) is 7.45. The summed E-state index contributed by atoms with van der Waals surface area (Å²) in [6.45, 7) is 1.12. The molecule has 0 unspecified atom stereocenters. The maximum absolute atomic E-state index is 15.1. The van der Waals surface area contributed by atoms with Gasteiger partial charge in [-0.3, -0.25) is 4.90 Å². The van der Waals surface area contributed by atoms with Gasteiger partial charge in [0, 0.05) is 28.2 Å². The van der Waals surface area contributed by atoms with Crippen LogP contribution in [0.1, 0.15) is 40.1 Å². The van der Waals surface area contributed by atoms with Crippen LogP contribution >= 0.6 is 0 Å². The van der Waals surface area contributed by atoms with Gasteiger partial charge in [-0.15, -0.1) is 0 Å². The van der Waals surface area contributed by atoms with Crippen LogP contribution in [0, 0.1) is 11.6 Å². The molecule has 1 aliphatic heterocycles. The van der Waals surface area contributed by atoms with Crippen molar-refractivity contribution in [2.75, 3.05) is 13.7 Å². The smallest absolute Gasteiger partial charge is 0.338 e. The number of benzene rings is 2. The molecule has 2 atom stereocenters. The molecule has 158 valence electrons. The summed E-state index contributed by atoms with van der Waals surface area (Å²) < 4.78 is 61.5. The number of ether oxygens (including phenoxy) is 1. The maximum Gasteiger partial charge on any atom is 0.338 e. The number of nitrogens with one attached hydrogen (secondary N) is 1. The van der Waals surface area contributed by atoms with Crippen LogP contribution in [-0.4, -0.2) is 42.0 Å². The lowest BCUT2D eigenvalue weighted by atomic mass is 9.87.